The monoisotopic (exact) mass is 308 g/mol. The molecule has 4 heteroatoms. The zero-order valence-electron chi connectivity index (χ0n) is 13.7. The van der Waals surface area contributed by atoms with Crippen molar-refractivity contribution in [1.29, 1.82) is 0 Å². The summed E-state index contributed by atoms with van der Waals surface area (Å²) in [6, 6.07) is 13.6. The lowest BCUT2D eigenvalue weighted by molar-refractivity contribution is 0.147. The molecule has 3 aromatic rings. The van der Waals surface area contributed by atoms with E-state index in [1.807, 2.05) is 17.9 Å². The Morgan fingerprint density at radius 3 is 2.96 bits per heavy atom. The van der Waals surface area contributed by atoms with E-state index < -0.39 is 0 Å². The summed E-state index contributed by atoms with van der Waals surface area (Å²) in [5, 5.41) is 5.60. The highest BCUT2D eigenvalue weighted by Gasteiger charge is 2.25. The van der Waals surface area contributed by atoms with E-state index in [1.165, 1.54) is 48.1 Å². The zero-order valence-corrected chi connectivity index (χ0v) is 13.7. The second-order valence-electron chi connectivity index (χ2n) is 6.56. The van der Waals surface area contributed by atoms with Crippen LogP contribution in [-0.2, 0) is 13.5 Å². The van der Waals surface area contributed by atoms with Gasteiger partial charge in [-0.15, -0.1) is 0 Å². The lowest BCUT2D eigenvalue weighted by atomic mass is 9.99. The number of aryl methyl sites for hydroxylation is 1. The first-order valence-electron chi connectivity index (χ1n) is 8.60. The van der Waals surface area contributed by atoms with Crippen molar-refractivity contribution in [1.82, 2.24) is 19.7 Å². The van der Waals surface area contributed by atoms with E-state index in [2.05, 4.69) is 51.4 Å². The molecule has 0 amide bonds. The fourth-order valence-corrected chi connectivity index (χ4v) is 3.79. The minimum atomic E-state index is 0.518. The van der Waals surface area contributed by atoms with Crippen molar-refractivity contribution in [3.63, 3.8) is 0 Å². The molecule has 0 spiro atoms. The number of likely N-dealkylation sites (tertiary alicyclic amines) is 1. The van der Waals surface area contributed by atoms with Crippen LogP contribution in [0.4, 0.5) is 0 Å². The number of aromatic amines is 1. The van der Waals surface area contributed by atoms with Crippen molar-refractivity contribution in [2.45, 2.75) is 31.7 Å². The molecule has 1 aliphatic rings. The first-order valence-corrected chi connectivity index (χ1v) is 8.60. The highest BCUT2D eigenvalue weighted by atomic mass is 15.3. The number of benzene rings is 1. The molecule has 4 rings (SSSR count). The van der Waals surface area contributed by atoms with Gasteiger partial charge in [0, 0.05) is 49.2 Å². The summed E-state index contributed by atoms with van der Waals surface area (Å²) < 4.78 is 1.99. The number of rotatable bonds is 4. The average Bonchev–Trinajstić information content (AvgIpc) is 3.19. The summed E-state index contributed by atoms with van der Waals surface area (Å²) >= 11 is 0. The standard InChI is InChI=1S/C19H24N4/c1-22-16(9-11-20-22)10-13-23-12-5-4-8-19(23)18-14-15-6-2-3-7-17(15)21-18/h2-3,6-7,9,11,14,19,21H,4-5,8,10,12-13H2,1H3. The Kier molecular flexibility index (Phi) is 3.92. The van der Waals surface area contributed by atoms with Crippen molar-refractivity contribution < 1.29 is 0 Å². The predicted octanol–water partition coefficient (Wildman–Crippen LogP) is 3.67. The van der Waals surface area contributed by atoms with Crippen LogP contribution in [0.5, 0.6) is 0 Å². The Balaban J connectivity index is 1.54. The van der Waals surface area contributed by atoms with Gasteiger partial charge in [-0.05, 0) is 43.0 Å². The fourth-order valence-electron chi connectivity index (χ4n) is 3.79. The molecular formula is C19H24N4. The van der Waals surface area contributed by atoms with E-state index >= 15 is 0 Å². The number of H-pyrrole nitrogens is 1. The summed E-state index contributed by atoms with van der Waals surface area (Å²) in [5.74, 6) is 0. The summed E-state index contributed by atoms with van der Waals surface area (Å²) in [4.78, 5) is 6.28. The topological polar surface area (TPSA) is 36.9 Å². The Labute approximate surface area is 137 Å². The molecule has 1 N–H and O–H groups in total. The Hall–Kier alpha value is -2.07. The van der Waals surface area contributed by atoms with Crippen molar-refractivity contribution in [2.24, 2.45) is 7.05 Å². The number of piperidine rings is 1. The molecule has 1 saturated heterocycles. The molecule has 1 fully saturated rings. The number of fused-ring (bicyclic) bond motifs is 1. The largest absolute Gasteiger partial charge is 0.357 e. The van der Waals surface area contributed by atoms with Gasteiger partial charge in [0.1, 0.15) is 0 Å². The van der Waals surface area contributed by atoms with E-state index in [0.717, 1.165) is 13.0 Å². The SMILES string of the molecule is Cn1nccc1CCN1CCCCC1c1cc2ccccc2[nH]1. The third-order valence-corrected chi connectivity index (χ3v) is 5.10. The van der Waals surface area contributed by atoms with Gasteiger partial charge in [-0.2, -0.15) is 5.10 Å². The molecule has 4 nitrogen and oxygen atoms in total. The lowest BCUT2D eigenvalue weighted by Crippen LogP contribution is -2.35. The van der Waals surface area contributed by atoms with Gasteiger partial charge in [-0.25, -0.2) is 0 Å². The van der Waals surface area contributed by atoms with Crippen molar-refractivity contribution in [3.8, 4) is 0 Å². The van der Waals surface area contributed by atoms with Crippen LogP contribution in [0.15, 0.2) is 42.6 Å². The van der Waals surface area contributed by atoms with E-state index in [-0.39, 0.29) is 0 Å². The molecule has 23 heavy (non-hydrogen) atoms. The van der Waals surface area contributed by atoms with E-state index in [1.54, 1.807) is 0 Å². The van der Waals surface area contributed by atoms with Crippen LogP contribution in [0.2, 0.25) is 0 Å². The van der Waals surface area contributed by atoms with Gasteiger partial charge < -0.3 is 4.98 Å². The average molecular weight is 308 g/mol. The van der Waals surface area contributed by atoms with Crippen molar-refractivity contribution in [2.75, 3.05) is 13.1 Å². The van der Waals surface area contributed by atoms with E-state index in [9.17, 15) is 0 Å². The minimum Gasteiger partial charge on any atom is -0.357 e. The van der Waals surface area contributed by atoms with Crippen LogP contribution in [-0.4, -0.2) is 32.8 Å². The quantitative estimate of drug-likeness (QED) is 0.798. The molecule has 120 valence electrons. The molecule has 1 atom stereocenters. The number of nitrogens with zero attached hydrogens (tertiary/aromatic N) is 3. The summed E-state index contributed by atoms with van der Waals surface area (Å²) in [6.45, 7) is 2.29. The number of hydrogen-bond acceptors (Lipinski definition) is 2. The predicted molar refractivity (Wildman–Crippen MR) is 93.4 cm³/mol. The number of aromatic nitrogens is 3. The third-order valence-electron chi connectivity index (χ3n) is 5.10. The first-order chi connectivity index (χ1) is 11.3. The minimum absolute atomic E-state index is 0.518. The maximum absolute atomic E-state index is 4.28. The second-order valence-corrected chi connectivity index (χ2v) is 6.56. The lowest BCUT2D eigenvalue weighted by Gasteiger charge is -2.35. The third kappa shape index (κ3) is 2.91. The maximum atomic E-state index is 4.28. The zero-order chi connectivity index (χ0) is 15.6. The molecule has 0 aliphatic carbocycles. The van der Waals surface area contributed by atoms with Gasteiger partial charge in [-0.1, -0.05) is 24.6 Å². The highest BCUT2D eigenvalue weighted by molar-refractivity contribution is 5.80. The maximum Gasteiger partial charge on any atom is 0.0498 e. The van der Waals surface area contributed by atoms with Gasteiger partial charge >= 0.3 is 0 Å². The number of nitrogens with one attached hydrogen (secondary N) is 1. The molecule has 1 unspecified atom stereocenters. The summed E-state index contributed by atoms with van der Waals surface area (Å²) in [5.41, 5.74) is 3.93. The molecule has 1 aromatic carbocycles. The molecular weight excluding hydrogens is 284 g/mol. The van der Waals surface area contributed by atoms with E-state index in [4.69, 9.17) is 0 Å². The van der Waals surface area contributed by atoms with Gasteiger partial charge in [0.2, 0.25) is 0 Å². The van der Waals surface area contributed by atoms with Gasteiger partial charge in [0.05, 0.1) is 0 Å². The molecule has 3 heterocycles. The van der Waals surface area contributed by atoms with Crippen LogP contribution >= 0.6 is 0 Å². The molecule has 0 bridgehead atoms. The number of para-hydroxylation sites is 1. The number of hydrogen-bond donors (Lipinski definition) is 1. The first kappa shape index (κ1) is 14.5. The van der Waals surface area contributed by atoms with Crippen LogP contribution in [0.25, 0.3) is 10.9 Å². The Morgan fingerprint density at radius 1 is 1.22 bits per heavy atom. The van der Waals surface area contributed by atoms with Crippen LogP contribution in [0.3, 0.4) is 0 Å². The normalized spacial score (nSPS) is 19.4. The molecule has 1 aliphatic heterocycles. The van der Waals surface area contributed by atoms with Crippen molar-refractivity contribution >= 4 is 10.9 Å². The highest BCUT2D eigenvalue weighted by Crippen LogP contribution is 2.32. The second kappa shape index (κ2) is 6.20. The molecule has 2 aromatic heterocycles. The van der Waals surface area contributed by atoms with E-state index in [0.29, 0.717) is 6.04 Å². The van der Waals surface area contributed by atoms with Gasteiger partial charge in [0.25, 0.3) is 0 Å². The molecule has 0 saturated carbocycles. The fraction of sp³-hybridized carbons (Fsp3) is 0.421. The van der Waals surface area contributed by atoms with Crippen LogP contribution < -0.4 is 0 Å². The Morgan fingerprint density at radius 2 is 2.13 bits per heavy atom. The summed E-state index contributed by atoms with van der Waals surface area (Å²) in [7, 11) is 2.03. The van der Waals surface area contributed by atoms with Crippen LogP contribution in [0.1, 0.15) is 36.7 Å². The van der Waals surface area contributed by atoms with Crippen LogP contribution in [0, 0.1) is 0 Å². The van der Waals surface area contributed by atoms with Gasteiger partial charge in [0.15, 0.2) is 0 Å². The Bertz CT molecular complexity index is 752. The smallest absolute Gasteiger partial charge is 0.0498 e. The van der Waals surface area contributed by atoms with Gasteiger partial charge in [-0.3, -0.25) is 9.58 Å². The van der Waals surface area contributed by atoms with Crippen molar-refractivity contribution in [3.05, 3.63) is 54.0 Å². The summed E-state index contributed by atoms with van der Waals surface area (Å²) in [6.07, 6.45) is 6.83. The molecule has 0 radical (unpaired) electrons.